The van der Waals surface area contributed by atoms with Gasteiger partial charge in [0.15, 0.2) is 0 Å². The molecule has 0 aliphatic heterocycles. The Morgan fingerprint density at radius 2 is 1.20 bits per heavy atom. The van der Waals surface area contributed by atoms with Gasteiger partial charge in [-0.25, -0.2) is 0 Å². The molecule has 1 radical (unpaired) electrons. The van der Waals surface area contributed by atoms with Gasteiger partial charge in [-0.1, -0.05) is 0 Å². The normalized spacial score (nSPS) is 1.20. The Bertz CT molecular complexity index is 11.6. The van der Waals surface area contributed by atoms with Crippen molar-refractivity contribution in [2.24, 2.45) is 0 Å². The summed E-state index contributed by atoms with van der Waals surface area (Å²) in [6, 6.07) is 0. The summed E-state index contributed by atoms with van der Waals surface area (Å²) in [5.74, 6) is 0. The van der Waals surface area contributed by atoms with E-state index in [9.17, 15) is 0 Å². The maximum atomic E-state index is 4.21. The Balaban J connectivity index is -0.00000000167. The van der Waals surface area contributed by atoms with E-state index in [4.69, 9.17) is 0 Å². The summed E-state index contributed by atoms with van der Waals surface area (Å²) in [4.78, 5) is 0. The van der Waals surface area contributed by atoms with E-state index in [0.717, 1.165) is 16.6 Å². The molecule has 0 saturated heterocycles. The van der Waals surface area contributed by atoms with Gasteiger partial charge in [-0.15, -0.1) is 0 Å². The van der Waals surface area contributed by atoms with Crippen molar-refractivity contribution in [1.82, 2.24) is 0 Å². The van der Waals surface area contributed by atoms with Crippen LogP contribution in [0.2, 0.25) is 0 Å². The van der Waals surface area contributed by atoms with E-state index in [1.807, 2.05) is 0 Å². The van der Waals surface area contributed by atoms with Crippen molar-refractivity contribution in [3.63, 3.8) is 0 Å². The minimum atomic E-state index is 0. The van der Waals surface area contributed by atoms with E-state index in [2.05, 4.69) is 10.1 Å². The van der Waals surface area contributed by atoms with E-state index in [0.29, 0.717) is 0 Å². The van der Waals surface area contributed by atoms with Gasteiger partial charge >= 0.3 is 78.1 Å². The van der Waals surface area contributed by atoms with Crippen LogP contribution in [-0.2, 0) is 33.6 Å². The molecular weight excluding hydrogens is 327 g/mol. The third-order valence-corrected chi connectivity index (χ3v) is 0. The Hall–Kier alpha value is 3.73. The monoisotopic (exact) mass is 325 g/mol. The summed E-state index contributed by atoms with van der Waals surface area (Å²) in [5, 5.41) is 0. The van der Waals surface area contributed by atoms with Crippen LogP contribution in [0.5, 0.6) is 0 Å². The first-order valence-corrected chi connectivity index (χ1v) is 4.50. The van der Waals surface area contributed by atoms with Gasteiger partial charge in [0.05, 0.1) is 0 Å². The second-order valence-corrected chi connectivity index (χ2v) is 0. The van der Waals surface area contributed by atoms with Gasteiger partial charge in [0.1, 0.15) is 0 Å². The van der Waals surface area contributed by atoms with Gasteiger partial charge in [0.2, 0.25) is 0 Å². The average Bonchev–Trinajstić information content (AvgIpc) is 1.00. The molecule has 0 aromatic rings. The molecule has 0 aromatic carbocycles. The summed E-state index contributed by atoms with van der Waals surface area (Å²) in [5.41, 5.74) is 0. The molecule has 0 atom stereocenters. The van der Waals surface area contributed by atoms with E-state index in [-0.39, 0.29) is 92.4 Å². The topological polar surface area (TPSA) is 0 Å². The molecule has 0 heterocycles. The molecule has 0 aliphatic rings. The fraction of sp³-hybridized carbons (Fsp3) is 0. The molecule has 0 bridgehead atoms. The van der Waals surface area contributed by atoms with Gasteiger partial charge in [-0.3, -0.25) is 0 Å². The van der Waals surface area contributed by atoms with Crippen LogP contribution in [0.3, 0.4) is 0 Å². The van der Waals surface area contributed by atoms with Crippen molar-refractivity contribution in [1.29, 1.82) is 0 Å². The molecule has 0 amide bonds. The fourth-order valence-electron chi connectivity index (χ4n) is 0. The van der Waals surface area contributed by atoms with Crippen LogP contribution in [-0.4, -0.2) is 0 Å². The van der Waals surface area contributed by atoms with E-state index in [1.165, 1.54) is 0 Å². The average molecular weight is 327 g/mol. The first kappa shape index (κ1) is 23.3. The summed E-state index contributed by atoms with van der Waals surface area (Å²) in [7, 11) is 4.21. The van der Waals surface area contributed by atoms with Gasteiger partial charge < -0.3 is 24.0 Å². The van der Waals surface area contributed by atoms with Gasteiger partial charge in [0, 0.05) is 17.1 Å². The van der Waals surface area contributed by atoms with Crippen LogP contribution in [0.25, 0.3) is 0 Å². The van der Waals surface area contributed by atoms with Gasteiger partial charge in [0.25, 0.3) is 0 Å². The third kappa shape index (κ3) is 18.2. The third-order valence-electron chi connectivity index (χ3n) is 0. The SMILES string of the molecule is [Cu].[I-].[K+].[S]=[Zn]. The van der Waals surface area contributed by atoms with E-state index >= 15 is 0 Å². The Morgan fingerprint density at radius 1 is 1.20 bits per heavy atom. The van der Waals surface area contributed by atoms with Gasteiger partial charge in [-0.2, -0.15) is 0 Å². The number of rotatable bonds is 0. The van der Waals surface area contributed by atoms with Crippen molar-refractivity contribution in [2.45, 2.75) is 0 Å². The van der Waals surface area contributed by atoms with Crippen molar-refractivity contribution in [3.05, 3.63) is 0 Å². The molecule has 5 heteroatoms. The first-order chi connectivity index (χ1) is 1.00. The Kier molecular flexibility index (Phi) is 117. The second-order valence-electron chi connectivity index (χ2n) is 0. The van der Waals surface area contributed by atoms with Crippen LogP contribution in [0.4, 0.5) is 0 Å². The molecule has 0 saturated carbocycles. The molecule has 0 N–H and O–H groups in total. The second kappa shape index (κ2) is 25.2. The molecule has 27 valence electrons. The molecule has 0 rings (SSSR count). The van der Waals surface area contributed by atoms with Gasteiger partial charge in [-0.05, 0) is 0 Å². The summed E-state index contributed by atoms with van der Waals surface area (Å²) in [6.45, 7) is 0. The summed E-state index contributed by atoms with van der Waals surface area (Å²) < 4.78 is 0. The van der Waals surface area contributed by atoms with E-state index < -0.39 is 0 Å². The van der Waals surface area contributed by atoms with Crippen LogP contribution < -0.4 is 75.4 Å². The number of hydrogen-bond donors (Lipinski definition) is 0. The number of hydrogen-bond acceptors (Lipinski definition) is 1. The van der Waals surface area contributed by atoms with Crippen molar-refractivity contribution in [2.75, 3.05) is 0 Å². The molecule has 0 spiro atoms. The standard InChI is InChI=1S/Cu.HI.K.S.Zn/h;1H;;;/q;;+1;;/p-1. The zero-order valence-electron chi connectivity index (χ0n) is 2.79. The minimum absolute atomic E-state index is 0. The first-order valence-electron chi connectivity index (χ1n) is 0.289. The zero-order valence-corrected chi connectivity index (χ0v) is 12.8. The number of halogens is 1. The van der Waals surface area contributed by atoms with Crippen molar-refractivity contribution >= 4 is 10.1 Å². The molecule has 0 fully saturated rings. The Labute approximate surface area is 116 Å². The van der Waals surface area contributed by atoms with E-state index in [1.54, 1.807) is 0 Å². The quantitative estimate of drug-likeness (QED) is 0.316. The van der Waals surface area contributed by atoms with Crippen LogP contribution in [0.1, 0.15) is 0 Å². The summed E-state index contributed by atoms with van der Waals surface area (Å²) in [6.07, 6.45) is 0. The van der Waals surface area contributed by atoms with Crippen molar-refractivity contribution in [3.8, 4) is 0 Å². The molecular formula is CuIKSZn. The molecule has 0 unspecified atom stereocenters. The predicted octanol–water partition coefficient (Wildman–Crippen LogP) is -5.35. The zero-order chi connectivity index (χ0) is 2.00. The summed E-state index contributed by atoms with van der Waals surface area (Å²) >= 11 is 0.958. The fourth-order valence-corrected chi connectivity index (χ4v) is 0. The molecule has 5 heavy (non-hydrogen) atoms. The molecule has 0 aliphatic carbocycles. The predicted molar refractivity (Wildman–Crippen MR) is 7.59 cm³/mol. The Morgan fingerprint density at radius 3 is 1.20 bits per heavy atom. The van der Waals surface area contributed by atoms with Crippen LogP contribution >= 0.6 is 10.1 Å². The molecule has 0 nitrogen and oxygen atoms in total. The maximum absolute atomic E-state index is 4.21. The van der Waals surface area contributed by atoms with Crippen LogP contribution in [0, 0.1) is 0 Å². The van der Waals surface area contributed by atoms with Crippen LogP contribution in [0.15, 0.2) is 0 Å². The van der Waals surface area contributed by atoms with Crippen molar-refractivity contribution < 1.29 is 109 Å². The molecule has 0 aromatic heterocycles.